The first-order valence-corrected chi connectivity index (χ1v) is 11.9. The van der Waals surface area contributed by atoms with E-state index in [1.165, 1.54) is 34.1 Å². The molecule has 4 rings (SSSR count). The van der Waals surface area contributed by atoms with Gasteiger partial charge in [0.15, 0.2) is 4.90 Å². The Hall–Kier alpha value is -3.24. The van der Waals surface area contributed by atoms with Crippen molar-refractivity contribution in [1.82, 2.24) is 14.2 Å². The minimum absolute atomic E-state index is 0.00687. The molecule has 9 nitrogen and oxygen atoms in total. The fourth-order valence-corrected chi connectivity index (χ4v) is 5.65. The summed E-state index contributed by atoms with van der Waals surface area (Å²) in [4.78, 5) is 27.7. The van der Waals surface area contributed by atoms with Gasteiger partial charge in [0.25, 0.3) is 5.69 Å². The predicted molar refractivity (Wildman–Crippen MR) is 120 cm³/mol. The van der Waals surface area contributed by atoms with E-state index in [1.807, 2.05) is 24.4 Å². The highest BCUT2D eigenvalue weighted by atomic mass is 32.2. The van der Waals surface area contributed by atoms with Crippen molar-refractivity contribution < 1.29 is 18.1 Å². The van der Waals surface area contributed by atoms with Crippen molar-refractivity contribution in [1.29, 1.82) is 0 Å². The molecule has 1 N–H and O–H groups in total. The molecule has 0 bridgehead atoms. The normalized spacial score (nSPS) is 15.2. The van der Waals surface area contributed by atoms with Crippen LogP contribution in [0.1, 0.15) is 18.4 Å². The second kappa shape index (κ2) is 9.09. The van der Waals surface area contributed by atoms with Crippen molar-refractivity contribution in [2.45, 2.75) is 24.2 Å². The minimum Gasteiger partial charge on any atom is -0.361 e. The second-order valence-electron chi connectivity index (χ2n) is 7.72. The smallest absolute Gasteiger partial charge is 0.289 e. The van der Waals surface area contributed by atoms with Crippen LogP contribution >= 0.6 is 0 Å². The molecule has 32 heavy (non-hydrogen) atoms. The number of H-pyrrole nitrogens is 1. The molecule has 0 spiro atoms. The number of sulfonamides is 1. The van der Waals surface area contributed by atoms with Gasteiger partial charge >= 0.3 is 0 Å². The lowest BCUT2D eigenvalue weighted by molar-refractivity contribution is -0.387. The van der Waals surface area contributed by atoms with Crippen molar-refractivity contribution in [2.75, 3.05) is 26.2 Å². The maximum Gasteiger partial charge on any atom is 0.289 e. The molecule has 0 aliphatic carbocycles. The number of benzene rings is 2. The van der Waals surface area contributed by atoms with E-state index >= 15 is 0 Å². The number of aromatic amines is 1. The molecular formula is C22H24N4O5S. The Labute approximate surface area is 185 Å². The predicted octanol–water partition coefficient (Wildman–Crippen LogP) is 2.93. The summed E-state index contributed by atoms with van der Waals surface area (Å²) in [6, 6.07) is 13.4. The molecule has 1 saturated heterocycles. The number of piperazine rings is 1. The fraction of sp³-hybridized carbons (Fsp3) is 0.318. The van der Waals surface area contributed by atoms with Crippen LogP contribution in [-0.4, -0.2) is 59.6 Å². The maximum absolute atomic E-state index is 12.9. The summed E-state index contributed by atoms with van der Waals surface area (Å²) in [7, 11) is -4.00. The first kappa shape index (κ1) is 22.0. The molecule has 1 aliphatic rings. The molecule has 3 aromatic rings. The Morgan fingerprint density at radius 2 is 1.72 bits per heavy atom. The quantitative estimate of drug-likeness (QED) is 0.433. The van der Waals surface area contributed by atoms with E-state index in [9.17, 15) is 23.3 Å². The molecular weight excluding hydrogens is 432 g/mol. The second-order valence-corrected chi connectivity index (χ2v) is 9.63. The van der Waals surface area contributed by atoms with Gasteiger partial charge in [0.1, 0.15) is 0 Å². The summed E-state index contributed by atoms with van der Waals surface area (Å²) in [5.41, 5.74) is 1.81. The molecule has 1 aliphatic heterocycles. The number of hydrogen-bond donors (Lipinski definition) is 1. The number of carbonyl (C=O) groups excluding carboxylic acids is 1. The molecule has 0 unspecified atom stereocenters. The highest BCUT2D eigenvalue weighted by molar-refractivity contribution is 7.89. The number of amides is 1. The number of nitro groups is 1. The Balaban J connectivity index is 1.32. The average Bonchev–Trinajstić information content (AvgIpc) is 3.22. The summed E-state index contributed by atoms with van der Waals surface area (Å²) >= 11 is 0. The number of rotatable bonds is 7. The van der Waals surface area contributed by atoms with Gasteiger partial charge in [0, 0.05) is 55.8 Å². The van der Waals surface area contributed by atoms with E-state index < -0.39 is 20.6 Å². The molecule has 1 aromatic heterocycles. The lowest BCUT2D eigenvalue weighted by atomic mass is 10.1. The van der Waals surface area contributed by atoms with Crippen LogP contribution < -0.4 is 0 Å². The standard InChI is InChI=1S/C22H24N4O5S/c27-22(11-5-6-17-16-23-19-8-2-1-7-18(17)19)24-12-14-25(15-13-24)32(30,31)21-10-4-3-9-20(21)26(28)29/h1-4,7-10,16,23H,5-6,11-15H2. The first-order valence-electron chi connectivity index (χ1n) is 10.4. The highest BCUT2D eigenvalue weighted by Crippen LogP contribution is 2.27. The first-order chi connectivity index (χ1) is 15.4. The number of fused-ring (bicyclic) bond motifs is 1. The fourth-order valence-electron chi connectivity index (χ4n) is 4.07. The third-order valence-electron chi connectivity index (χ3n) is 5.78. The van der Waals surface area contributed by atoms with Gasteiger partial charge in [-0.3, -0.25) is 14.9 Å². The van der Waals surface area contributed by atoms with Crippen LogP contribution in [0.5, 0.6) is 0 Å². The Bertz CT molecular complexity index is 1250. The molecule has 1 fully saturated rings. The summed E-state index contributed by atoms with van der Waals surface area (Å²) in [5, 5.41) is 12.4. The Kier molecular flexibility index (Phi) is 6.24. The van der Waals surface area contributed by atoms with Crippen molar-refractivity contribution >= 4 is 32.5 Å². The van der Waals surface area contributed by atoms with E-state index in [0.717, 1.165) is 17.3 Å². The van der Waals surface area contributed by atoms with E-state index in [0.29, 0.717) is 12.8 Å². The van der Waals surface area contributed by atoms with Gasteiger partial charge in [0.2, 0.25) is 15.9 Å². The number of para-hydroxylation sites is 2. The van der Waals surface area contributed by atoms with E-state index in [-0.39, 0.29) is 37.0 Å². The number of carbonyl (C=O) groups is 1. The summed E-state index contributed by atoms with van der Waals surface area (Å²) < 4.78 is 27.0. The van der Waals surface area contributed by atoms with Crippen LogP contribution in [0.2, 0.25) is 0 Å². The van der Waals surface area contributed by atoms with Gasteiger partial charge < -0.3 is 9.88 Å². The zero-order valence-corrected chi connectivity index (χ0v) is 18.3. The number of hydrogen-bond acceptors (Lipinski definition) is 5. The number of aryl methyl sites for hydroxylation is 1. The molecule has 2 heterocycles. The van der Waals surface area contributed by atoms with Crippen molar-refractivity contribution in [2.24, 2.45) is 0 Å². The van der Waals surface area contributed by atoms with Gasteiger partial charge in [0.05, 0.1) is 4.92 Å². The van der Waals surface area contributed by atoms with Crippen molar-refractivity contribution in [3.8, 4) is 0 Å². The summed E-state index contributed by atoms with van der Waals surface area (Å²) in [5.74, 6) is -0.00687. The van der Waals surface area contributed by atoms with Gasteiger partial charge in [-0.2, -0.15) is 4.31 Å². The Morgan fingerprint density at radius 3 is 2.47 bits per heavy atom. The molecule has 2 aromatic carbocycles. The number of nitrogens with zero attached hydrogens (tertiary/aromatic N) is 3. The zero-order valence-electron chi connectivity index (χ0n) is 17.4. The van der Waals surface area contributed by atoms with Crippen LogP contribution in [0.3, 0.4) is 0 Å². The zero-order chi connectivity index (χ0) is 22.7. The third kappa shape index (κ3) is 4.37. The molecule has 168 valence electrons. The number of nitro benzene ring substituents is 1. The van der Waals surface area contributed by atoms with Crippen molar-refractivity contribution in [3.63, 3.8) is 0 Å². The number of aromatic nitrogens is 1. The summed E-state index contributed by atoms with van der Waals surface area (Å²) in [6.07, 6.45) is 3.84. The molecule has 10 heteroatoms. The molecule has 0 atom stereocenters. The van der Waals surface area contributed by atoms with Crippen molar-refractivity contribution in [3.05, 3.63) is 70.4 Å². The van der Waals surface area contributed by atoms with E-state index in [2.05, 4.69) is 11.1 Å². The molecule has 0 radical (unpaired) electrons. The minimum atomic E-state index is -4.00. The molecule has 0 saturated carbocycles. The van der Waals surface area contributed by atoms with E-state index in [1.54, 1.807) is 4.90 Å². The number of nitrogens with one attached hydrogen (secondary N) is 1. The van der Waals surface area contributed by atoms with Gasteiger partial charge in [-0.1, -0.05) is 30.3 Å². The highest BCUT2D eigenvalue weighted by Gasteiger charge is 2.34. The van der Waals surface area contributed by atoms with Crippen LogP contribution in [-0.2, 0) is 21.2 Å². The SMILES string of the molecule is O=C(CCCc1c[nH]c2ccccc12)N1CCN(S(=O)(=O)c2ccccc2[N+](=O)[O-])CC1. The lowest BCUT2D eigenvalue weighted by Crippen LogP contribution is -2.50. The topological polar surface area (TPSA) is 117 Å². The maximum atomic E-state index is 12.9. The Morgan fingerprint density at radius 1 is 1.03 bits per heavy atom. The monoisotopic (exact) mass is 456 g/mol. The van der Waals surface area contributed by atoms with Crippen LogP contribution in [0.25, 0.3) is 10.9 Å². The average molecular weight is 457 g/mol. The summed E-state index contributed by atoms with van der Waals surface area (Å²) in [6.45, 7) is 0.767. The lowest BCUT2D eigenvalue weighted by Gasteiger charge is -2.34. The van der Waals surface area contributed by atoms with E-state index in [4.69, 9.17) is 0 Å². The largest absolute Gasteiger partial charge is 0.361 e. The van der Waals surface area contributed by atoms with Gasteiger partial charge in [-0.05, 0) is 30.5 Å². The van der Waals surface area contributed by atoms with Gasteiger partial charge in [-0.25, -0.2) is 8.42 Å². The molecule has 1 amide bonds. The third-order valence-corrected chi connectivity index (χ3v) is 7.73. The van der Waals surface area contributed by atoms with Crippen LogP contribution in [0, 0.1) is 10.1 Å². The van der Waals surface area contributed by atoms with Crippen LogP contribution in [0.15, 0.2) is 59.6 Å². The van der Waals surface area contributed by atoms with Crippen LogP contribution in [0.4, 0.5) is 5.69 Å². The van der Waals surface area contributed by atoms with Gasteiger partial charge in [-0.15, -0.1) is 0 Å².